The van der Waals surface area contributed by atoms with Crippen LogP contribution < -0.4 is 4.90 Å². The van der Waals surface area contributed by atoms with Crippen molar-refractivity contribution in [3.05, 3.63) is 130 Å². The molecule has 0 radical (unpaired) electrons. The first-order chi connectivity index (χ1) is 20.3. The summed E-state index contributed by atoms with van der Waals surface area (Å²) in [5.41, 5.74) is 7.74. The SMILES string of the molecule is CCN(c1ccc(C)cc1)c1ccc(C(=NC)c2ccccc2C(=O)OCCN2C(=O)c3ccccc3C2=O)c(C)c1. The molecule has 4 aromatic rings. The second kappa shape index (κ2) is 12.2. The average Bonchev–Trinajstić information content (AvgIpc) is 3.25. The van der Waals surface area contributed by atoms with Crippen molar-refractivity contribution in [1.29, 1.82) is 0 Å². The van der Waals surface area contributed by atoms with Crippen LogP contribution in [0.4, 0.5) is 11.4 Å². The fourth-order valence-corrected chi connectivity index (χ4v) is 5.32. The summed E-state index contributed by atoms with van der Waals surface area (Å²) in [6.45, 7) is 6.91. The average molecular weight is 560 g/mol. The number of hydrogen-bond acceptors (Lipinski definition) is 6. The molecule has 0 aliphatic carbocycles. The van der Waals surface area contributed by atoms with E-state index >= 15 is 0 Å². The molecule has 0 fully saturated rings. The van der Waals surface area contributed by atoms with Gasteiger partial charge in [0.2, 0.25) is 0 Å². The molecule has 7 heteroatoms. The number of hydrogen-bond donors (Lipinski definition) is 0. The molecule has 0 bridgehead atoms. The van der Waals surface area contributed by atoms with Crippen LogP contribution in [0.15, 0.2) is 96.0 Å². The molecule has 0 saturated heterocycles. The van der Waals surface area contributed by atoms with Crippen molar-refractivity contribution < 1.29 is 19.1 Å². The molecule has 7 nitrogen and oxygen atoms in total. The first-order valence-corrected chi connectivity index (χ1v) is 14.0. The Balaban J connectivity index is 1.33. The van der Waals surface area contributed by atoms with Gasteiger partial charge < -0.3 is 9.64 Å². The fourth-order valence-electron chi connectivity index (χ4n) is 5.32. The zero-order valence-corrected chi connectivity index (χ0v) is 24.3. The number of aliphatic imine (C=N–C) groups is 1. The molecule has 2 amide bonds. The molecule has 42 heavy (non-hydrogen) atoms. The van der Waals surface area contributed by atoms with Crippen LogP contribution in [-0.2, 0) is 4.74 Å². The van der Waals surface area contributed by atoms with E-state index in [2.05, 4.69) is 60.1 Å². The predicted molar refractivity (Wildman–Crippen MR) is 165 cm³/mol. The number of carbonyl (C=O) groups excluding carboxylic acids is 3. The maximum Gasteiger partial charge on any atom is 0.338 e. The van der Waals surface area contributed by atoms with Crippen LogP contribution in [0.2, 0.25) is 0 Å². The number of aryl methyl sites for hydroxylation is 2. The summed E-state index contributed by atoms with van der Waals surface area (Å²) in [6, 6.07) is 28.6. The summed E-state index contributed by atoms with van der Waals surface area (Å²) < 4.78 is 5.56. The highest BCUT2D eigenvalue weighted by Gasteiger charge is 2.35. The number of ether oxygens (including phenoxy) is 1. The summed E-state index contributed by atoms with van der Waals surface area (Å²) in [4.78, 5) is 46.5. The van der Waals surface area contributed by atoms with Gasteiger partial charge in [-0.3, -0.25) is 19.5 Å². The first kappa shape index (κ1) is 28.5. The smallest absolute Gasteiger partial charge is 0.338 e. The molecular weight excluding hydrogens is 526 g/mol. The van der Waals surface area contributed by atoms with Crippen LogP contribution in [-0.4, -0.2) is 55.1 Å². The molecule has 1 aliphatic rings. The lowest BCUT2D eigenvalue weighted by atomic mass is 9.94. The lowest BCUT2D eigenvalue weighted by Crippen LogP contribution is -2.33. The van der Waals surface area contributed by atoms with Gasteiger partial charge in [0, 0.05) is 36.1 Å². The van der Waals surface area contributed by atoms with E-state index in [0.29, 0.717) is 28.0 Å². The molecule has 1 heterocycles. The van der Waals surface area contributed by atoms with Gasteiger partial charge in [-0.05, 0) is 68.8 Å². The Morgan fingerprint density at radius 2 is 1.38 bits per heavy atom. The van der Waals surface area contributed by atoms with Gasteiger partial charge in [-0.1, -0.05) is 54.1 Å². The second-order valence-electron chi connectivity index (χ2n) is 10.1. The van der Waals surface area contributed by atoms with E-state index in [9.17, 15) is 14.4 Å². The van der Waals surface area contributed by atoms with Gasteiger partial charge in [0.15, 0.2) is 0 Å². The van der Waals surface area contributed by atoms with Crippen molar-refractivity contribution in [3.8, 4) is 0 Å². The Labute approximate surface area is 246 Å². The first-order valence-electron chi connectivity index (χ1n) is 14.0. The van der Waals surface area contributed by atoms with Gasteiger partial charge >= 0.3 is 5.97 Å². The van der Waals surface area contributed by atoms with Crippen molar-refractivity contribution in [2.24, 2.45) is 4.99 Å². The molecule has 0 aromatic heterocycles. The molecular formula is C35H33N3O4. The zero-order valence-electron chi connectivity index (χ0n) is 24.3. The number of carbonyl (C=O) groups is 3. The van der Waals surface area contributed by atoms with Crippen LogP contribution in [0, 0.1) is 13.8 Å². The molecule has 0 N–H and O–H groups in total. The molecule has 0 unspecified atom stereocenters. The van der Waals surface area contributed by atoms with Gasteiger partial charge in [0.05, 0.1) is 28.9 Å². The van der Waals surface area contributed by atoms with Gasteiger partial charge in [-0.2, -0.15) is 0 Å². The number of benzene rings is 4. The van der Waals surface area contributed by atoms with E-state index in [1.54, 1.807) is 43.4 Å². The highest BCUT2D eigenvalue weighted by molar-refractivity contribution is 6.21. The summed E-state index contributed by atoms with van der Waals surface area (Å²) in [5, 5.41) is 0. The lowest BCUT2D eigenvalue weighted by Gasteiger charge is -2.25. The van der Waals surface area contributed by atoms with Crippen molar-refractivity contribution in [2.45, 2.75) is 20.8 Å². The maximum absolute atomic E-state index is 13.2. The topological polar surface area (TPSA) is 79.3 Å². The summed E-state index contributed by atoms with van der Waals surface area (Å²) in [5.74, 6) is -1.31. The quantitative estimate of drug-likeness (QED) is 0.135. The molecule has 212 valence electrons. The number of rotatable bonds is 9. The molecule has 0 saturated carbocycles. The van der Waals surface area contributed by atoms with Crippen LogP contribution >= 0.6 is 0 Å². The molecule has 0 atom stereocenters. The van der Waals surface area contributed by atoms with Crippen LogP contribution in [0.25, 0.3) is 0 Å². The van der Waals surface area contributed by atoms with Crippen molar-refractivity contribution >= 4 is 34.9 Å². The lowest BCUT2D eigenvalue weighted by molar-refractivity contribution is 0.0420. The van der Waals surface area contributed by atoms with E-state index in [1.165, 1.54) is 5.56 Å². The van der Waals surface area contributed by atoms with E-state index in [-0.39, 0.29) is 25.0 Å². The van der Waals surface area contributed by atoms with Crippen molar-refractivity contribution in [2.75, 3.05) is 31.6 Å². The third-order valence-corrected chi connectivity index (χ3v) is 7.49. The van der Waals surface area contributed by atoms with E-state index in [0.717, 1.165) is 33.9 Å². The summed E-state index contributed by atoms with van der Waals surface area (Å²) in [6.07, 6.45) is 0. The molecule has 1 aliphatic heterocycles. The number of nitrogens with zero attached hydrogens (tertiary/aromatic N) is 3. The number of anilines is 2. The number of esters is 1. The molecule has 4 aromatic carbocycles. The van der Waals surface area contributed by atoms with E-state index in [4.69, 9.17) is 4.74 Å². The monoisotopic (exact) mass is 559 g/mol. The number of imide groups is 1. The highest BCUT2D eigenvalue weighted by Crippen LogP contribution is 2.29. The van der Waals surface area contributed by atoms with Crippen molar-refractivity contribution in [3.63, 3.8) is 0 Å². The minimum atomic E-state index is -0.547. The Morgan fingerprint density at radius 1 is 0.786 bits per heavy atom. The Hall–Kier alpha value is -5.04. The third-order valence-electron chi connectivity index (χ3n) is 7.49. The molecule has 5 rings (SSSR count). The standard InChI is InChI=1S/C35H33N3O4/c1-5-37(25-16-14-23(2)15-17-25)26-18-19-27(24(3)22-26)32(36-4)28-10-6-9-13-31(28)35(41)42-21-20-38-33(39)29-11-7-8-12-30(29)34(38)40/h6-19,22H,5,20-21H2,1-4H3. The number of amides is 2. The zero-order chi connectivity index (χ0) is 29.8. The van der Waals surface area contributed by atoms with Gasteiger partial charge in [-0.15, -0.1) is 0 Å². The summed E-state index contributed by atoms with van der Waals surface area (Å²) >= 11 is 0. The number of fused-ring (bicyclic) bond motifs is 1. The summed E-state index contributed by atoms with van der Waals surface area (Å²) in [7, 11) is 1.71. The highest BCUT2D eigenvalue weighted by atomic mass is 16.5. The fraction of sp³-hybridized carbons (Fsp3) is 0.200. The van der Waals surface area contributed by atoms with Crippen LogP contribution in [0.5, 0.6) is 0 Å². The van der Waals surface area contributed by atoms with E-state index in [1.807, 2.05) is 25.1 Å². The van der Waals surface area contributed by atoms with Gasteiger partial charge in [0.1, 0.15) is 6.61 Å². The van der Waals surface area contributed by atoms with E-state index < -0.39 is 5.97 Å². The normalized spacial score (nSPS) is 12.9. The minimum absolute atomic E-state index is 0.0234. The van der Waals surface area contributed by atoms with Crippen LogP contribution in [0.1, 0.15) is 60.3 Å². The predicted octanol–water partition coefficient (Wildman–Crippen LogP) is 6.38. The molecule has 0 spiro atoms. The minimum Gasteiger partial charge on any atom is -0.460 e. The Kier molecular flexibility index (Phi) is 8.29. The van der Waals surface area contributed by atoms with Crippen molar-refractivity contribution in [1.82, 2.24) is 4.90 Å². The maximum atomic E-state index is 13.2. The third kappa shape index (κ3) is 5.46. The van der Waals surface area contributed by atoms with Crippen LogP contribution in [0.3, 0.4) is 0 Å². The Bertz CT molecular complexity index is 1660. The largest absolute Gasteiger partial charge is 0.460 e. The Morgan fingerprint density at radius 3 is 1.98 bits per heavy atom. The second-order valence-corrected chi connectivity index (χ2v) is 10.1. The van der Waals surface area contributed by atoms with Gasteiger partial charge in [-0.25, -0.2) is 4.79 Å². The van der Waals surface area contributed by atoms with Gasteiger partial charge in [0.25, 0.3) is 11.8 Å².